The molecule has 0 fully saturated rings. The van der Waals surface area contributed by atoms with Crippen LogP contribution >= 0.6 is 0 Å². The Morgan fingerprint density at radius 2 is 0.829 bits per heavy atom. The van der Waals surface area contributed by atoms with Gasteiger partial charge in [0.1, 0.15) is 13.2 Å². The second-order valence-corrected chi connectivity index (χ2v) is 10.0. The SMILES string of the molecule is CCC/C=C/CCCCCCCC(=O)OCCOC(=O)CCCCCCCCCCCCCCC. The fourth-order valence-corrected chi connectivity index (χ4v) is 4.21. The van der Waals surface area contributed by atoms with Gasteiger partial charge in [-0.25, -0.2) is 0 Å². The van der Waals surface area contributed by atoms with Crippen LogP contribution in [0, 0.1) is 0 Å². The lowest BCUT2D eigenvalue weighted by molar-refractivity contribution is -0.152. The number of esters is 2. The smallest absolute Gasteiger partial charge is 0.305 e. The summed E-state index contributed by atoms with van der Waals surface area (Å²) in [6.07, 6.45) is 31.5. The molecule has 0 aromatic rings. The van der Waals surface area contributed by atoms with E-state index in [-0.39, 0.29) is 25.2 Å². The van der Waals surface area contributed by atoms with Crippen molar-refractivity contribution in [2.24, 2.45) is 0 Å². The zero-order valence-electron chi connectivity index (χ0n) is 23.5. The number of rotatable bonds is 27. The van der Waals surface area contributed by atoms with Gasteiger partial charge in [-0.15, -0.1) is 0 Å². The van der Waals surface area contributed by atoms with Crippen molar-refractivity contribution in [1.29, 1.82) is 0 Å². The van der Waals surface area contributed by atoms with E-state index in [1.165, 1.54) is 109 Å². The Hall–Kier alpha value is -1.32. The Labute approximate surface area is 218 Å². The second kappa shape index (κ2) is 28.9. The standard InChI is InChI=1S/C31H58O4/c1-3-5-7-9-11-13-15-16-17-19-21-23-25-27-31(33)35-29-28-34-30(32)26-24-22-20-18-14-12-10-8-6-4-2/h8,10H,3-7,9,11-29H2,1-2H3/b10-8+. The summed E-state index contributed by atoms with van der Waals surface area (Å²) in [5.41, 5.74) is 0. The first-order valence-electron chi connectivity index (χ1n) is 15.2. The Bertz CT molecular complexity index is 486. The molecule has 0 aromatic heterocycles. The molecule has 0 N–H and O–H groups in total. The number of hydrogen-bond acceptors (Lipinski definition) is 4. The van der Waals surface area contributed by atoms with Crippen molar-refractivity contribution in [2.45, 2.75) is 162 Å². The van der Waals surface area contributed by atoms with Crippen molar-refractivity contribution >= 4 is 11.9 Å². The number of hydrogen-bond donors (Lipinski definition) is 0. The Morgan fingerprint density at radius 1 is 0.457 bits per heavy atom. The molecular formula is C31H58O4. The normalized spacial score (nSPS) is 11.3. The number of carbonyl (C=O) groups excluding carboxylic acids is 2. The molecule has 0 radical (unpaired) electrons. The van der Waals surface area contributed by atoms with Crippen LogP contribution < -0.4 is 0 Å². The zero-order valence-corrected chi connectivity index (χ0v) is 23.5. The average molecular weight is 495 g/mol. The largest absolute Gasteiger partial charge is 0.462 e. The van der Waals surface area contributed by atoms with E-state index in [2.05, 4.69) is 26.0 Å². The van der Waals surface area contributed by atoms with Crippen LogP contribution in [0.3, 0.4) is 0 Å². The highest BCUT2D eigenvalue weighted by Gasteiger charge is 2.05. The van der Waals surface area contributed by atoms with Crippen LogP contribution in [0.1, 0.15) is 162 Å². The Kier molecular flexibility index (Phi) is 27.8. The molecule has 4 heteroatoms. The van der Waals surface area contributed by atoms with Crippen molar-refractivity contribution in [3.8, 4) is 0 Å². The van der Waals surface area contributed by atoms with E-state index in [1.807, 2.05) is 0 Å². The minimum absolute atomic E-state index is 0.173. The topological polar surface area (TPSA) is 52.6 Å². The lowest BCUT2D eigenvalue weighted by Gasteiger charge is -2.07. The number of unbranched alkanes of at least 4 members (excludes halogenated alkanes) is 18. The summed E-state index contributed by atoms with van der Waals surface area (Å²) in [6, 6.07) is 0. The fraction of sp³-hybridized carbons (Fsp3) is 0.871. The summed E-state index contributed by atoms with van der Waals surface area (Å²) in [4.78, 5) is 23.6. The molecular weight excluding hydrogens is 436 g/mol. The number of carbonyl (C=O) groups is 2. The molecule has 0 unspecified atom stereocenters. The monoisotopic (exact) mass is 494 g/mol. The molecule has 0 bridgehead atoms. The van der Waals surface area contributed by atoms with Gasteiger partial charge in [0.2, 0.25) is 0 Å². The molecule has 206 valence electrons. The predicted octanol–water partition coefficient (Wildman–Crippen LogP) is 9.64. The van der Waals surface area contributed by atoms with Crippen LogP contribution in [-0.4, -0.2) is 25.2 Å². The molecule has 0 aliphatic carbocycles. The summed E-state index contributed by atoms with van der Waals surface area (Å²) < 4.78 is 10.4. The van der Waals surface area contributed by atoms with E-state index in [0.29, 0.717) is 12.8 Å². The third-order valence-electron chi connectivity index (χ3n) is 6.47. The van der Waals surface area contributed by atoms with Gasteiger partial charge < -0.3 is 9.47 Å². The van der Waals surface area contributed by atoms with E-state index in [0.717, 1.165) is 25.7 Å². The van der Waals surface area contributed by atoms with Crippen molar-refractivity contribution in [3.63, 3.8) is 0 Å². The van der Waals surface area contributed by atoms with Crippen molar-refractivity contribution in [2.75, 3.05) is 13.2 Å². The summed E-state index contributed by atoms with van der Waals surface area (Å²) >= 11 is 0. The third kappa shape index (κ3) is 28.8. The highest BCUT2D eigenvalue weighted by atomic mass is 16.6. The van der Waals surface area contributed by atoms with Gasteiger partial charge >= 0.3 is 11.9 Å². The van der Waals surface area contributed by atoms with Gasteiger partial charge in [-0.3, -0.25) is 9.59 Å². The maximum Gasteiger partial charge on any atom is 0.305 e. The molecule has 0 rings (SSSR count). The van der Waals surface area contributed by atoms with Crippen molar-refractivity contribution < 1.29 is 19.1 Å². The van der Waals surface area contributed by atoms with E-state index >= 15 is 0 Å². The lowest BCUT2D eigenvalue weighted by atomic mass is 10.0. The molecule has 0 atom stereocenters. The summed E-state index contributed by atoms with van der Waals surface area (Å²) in [6.45, 7) is 4.81. The van der Waals surface area contributed by atoms with E-state index in [9.17, 15) is 9.59 Å². The van der Waals surface area contributed by atoms with Crippen LogP contribution in [0.4, 0.5) is 0 Å². The van der Waals surface area contributed by atoms with Crippen LogP contribution in [0.25, 0.3) is 0 Å². The minimum Gasteiger partial charge on any atom is -0.462 e. The van der Waals surface area contributed by atoms with E-state index in [1.54, 1.807) is 0 Å². The Balaban J connectivity index is 3.30. The quantitative estimate of drug-likeness (QED) is 0.0648. The predicted molar refractivity (Wildman–Crippen MR) is 149 cm³/mol. The first-order valence-corrected chi connectivity index (χ1v) is 15.2. The molecule has 0 amide bonds. The zero-order chi connectivity index (χ0) is 25.7. The molecule has 4 nitrogen and oxygen atoms in total. The first-order chi connectivity index (χ1) is 17.2. The maximum atomic E-state index is 11.8. The highest BCUT2D eigenvalue weighted by molar-refractivity contribution is 5.70. The summed E-state index contributed by atoms with van der Waals surface area (Å²) in [7, 11) is 0. The van der Waals surface area contributed by atoms with Crippen LogP contribution in [0.15, 0.2) is 12.2 Å². The fourth-order valence-electron chi connectivity index (χ4n) is 4.21. The summed E-state index contributed by atoms with van der Waals surface area (Å²) in [5, 5.41) is 0. The average Bonchev–Trinajstić information content (AvgIpc) is 2.86. The van der Waals surface area contributed by atoms with Gasteiger partial charge in [-0.05, 0) is 32.1 Å². The summed E-state index contributed by atoms with van der Waals surface area (Å²) in [5.74, 6) is -0.353. The molecule has 0 spiro atoms. The molecule has 35 heavy (non-hydrogen) atoms. The maximum absolute atomic E-state index is 11.8. The molecule has 0 aliphatic rings. The number of allylic oxidation sites excluding steroid dienone is 2. The third-order valence-corrected chi connectivity index (χ3v) is 6.47. The molecule has 0 saturated carbocycles. The molecule has 0 aromatic carbocycles. The van der Waals surface area contributed by atoms with E-state index < -0.39 is 0 Å². The molecule has 0 saturated heterocycles. The van der Waals surface area contributed by atoms with Gasteiger partial charge in [-0.2, -0.15) is 0 Å². The number of ether oxygens (including phenoxy) is 2. The van der Waals surface area contributed by atoms with Gasteiger partial charge in [0.25, 0.3) is 0 Å². The van der Waals surface area contributed by atoms with Gasteiger partial charge in [-0.1, -0.05) is 129 Å². The minimum atomic E-state index is -0.181. The van der Waals surface area contributed by atoms with E-state index in [4.69, 9.17) is 9.47 Å². The van der Waals surface area contributed by atoms with Gasteiger partial charge in [0.15, 0.2) is 0 Å². The van der Waals surface area contributed by atoms with Crippen molar-refractivity contribution in [3.05, 3.63) is 12.2 Å². The molecule has 0 heterocycles. The van der Waals surface area contributed by atoms with Crippen LogP contribution in [-0.2, 0) is 19.1 Å². The van der Waals surface area contributed by atoms with Crippen LogP contribution in [0.5, 0.6) is 0 Å². The van der Waals surface area contributed by atoms with Crippen molar-refractivity contribution in [1.82, 2.24) is 0 Å². The second-order valence-electron chi connectivity index (χ2n) is 10.0. The Morgan fingerprint density at radius 3 is 1.26 bits per heavy atom. The molecule has 0 aliphatic heterocycles. The first kappa shape index (κ1) is 33.7. The highest BCUT2D eigenvalue weighted by Crippen LogP contribution is 2.13. The van der Waals surface area contributed by atoms with Crippen LogP contribution in [0.2, 0.25) is 0 Å². The van der Waals surface area contributed by atoms with Gasteiger partial charge in [0, 0.05) is 12.8 Å². The lowest BCUT2D eigenvalue weighted by Crippen LogP contribution is -2.13. The van der Waals surface area contributed by atoms with Gasteiger partial charge in [0.05, 0.1) is 0 Å².